The molecule has 1 aliphatic heterocycles. The van der Waals surface area contributed by atoms with Crippen molar-refractivity contribution in [2.75, 3.05) is 6.54 Å². The Balaban J connectivity index is 2.15. The van der Waals surface area contributed by atoms with E-state index in [0.717, 1.165) is 18.7 Å². The summed E-state index contributed by atoms with van der Waals surface area (Å²) in [6.07, 6.45) is 2.82. The van der Waals surface area contributed by atoms with Crippen LogP contribution in [0.25, 0.3) is 0 Å². The van der Waals surface area contributed by atoms with E-state index in [4.69, 9.17) is 0 Å². The number of nitrogens with one attached hydrogen (secondary N) is 2. The van der Waals surface area contributed by atoms with Gasteiger partial charge in [0.25, 0.3) is 0 Å². The third kappa shape index (κ3) is 1.58. The highest BCUT2D eigenvalue weighted by Crippen LogP contribution is 2.32. The van der Waals surface area contributed by atoms with E-state index >= 15 is 0 Å². The smallest absolute Gasteiger partial charge is 0.0926 e. The number of H-pyrrole nitrogens is 1. The molecule has 1 unspecified atom stereocenters. The number of hydrogen-bond donors (Lipinski definition) is 2. The zero-order valence-corrected chi connectivity index (χ0v) is 10.2. The number of imidazole rings is 1. The monoisotopic (exact) mass is 227 g/mol. The average Bonchev–Trinajstić information content (AvgIpc) is 2.79. The van der Waals surface area contributed by atoms with Gasteiger partial charge in [0.15, 0.2) is 0 Å². The minimum Gasteiger partial charge on any atom is -0.348 e. The van der Waals surface area contributed by atoms with E-state index in [1.165, 1.54) is 16.8 Å². The van der Waals surface area contributed by atoms with Crippen LogP contribution in [0.2, 0.25) is 0 Å². The van der Waals surface area contributed by atoms with Gasteiger partial charge in [-0.1, -0.05) is 29.8 Å². The van der Waals surface area contributed by atoms with Crippen LogP contribution >= 0.6 is 0 Å². The molecule has 0 saturated carbocycles. The van der Waals surface area contributed by atoms with Gasteiger partial charge < -0.3 is 10.3 Å². The highest BCUT2D eigenvalue weighted by molar-refractivity contribution is 5.39. The number of aryl methyl sites for hydroxylation is 1. The van der Waals surface area contributed by atoms with Crippen molar-refractivity contribution in [1.82, 2.24) is 15.3 Å². The second-order valence-corrected chi connectivity index (χ2v) is 4.90. The summed E-state index contributed by atoms with van der Waals surface area (Å²) >= 11 is 0. The van der Waals surface area contributed by atoms with E-state index in [2.05, 4.69) is 53.4 Å². The maximum Gasteiger partial charge on any atom is 0.0926 e. The Labute approximate surface area is 101 Å². The molecule has 1 aromatic heterocycles. The van der Waals surface area contributed by atoms with Gasteiger partial charge in [0.05, 0.1) is 17.6 Å². The Morgan fingerprint density at radius 1 is 1.35 bits per heavy atom. The molecule has 0 aliphatic carbocycles. The molecule has 1 atom stereocenters. The molecule has 0 radical (unpaired) electrons. The quantitative estimate of drug-likeness (QED) is 0.783. The van der Waals surface area contributed by atoms with Crippen LogP contribution in [-0.2, 0) is 12.0 Å². The SMILES string of the molecule is Cc1cccc(C2(C)NCCc3[nH]cnc32)c1. The Bertz CT molecular complexity index is 544. The largest absolute Gasteiger partial charge is 0.348 e. The number of rotatable bonds is 1. The second-order valence-electron chi connectivity index (χ2n) is 4.90. The third-order valence-electron chi connectivity index (χ3n) is 3.64. The number of fused-ring (bicyclic) bond motifs is 1. The first-order valence-corrected chi connectivity index (χ1v) is 6.05. The molecule has 3 rings (SSSR count). The molecule has 17 heavy (non-hydrogen) atoms. The Kier molecular flexibility index (Phi) is 2.30. The summed E-state index contributed by atoms with van der Waals surface area (Å²) in [6.45, 7) is 5.32. The van der Waals surface area contributed by atoms with Crippen molar-refractivity contribution in [3.8, 4) is 0 Å². The number of nitrogens with zero attached hydrogens (tertiary/aromatic N) is 1. The number of benzene rings is 1. The van der Waals surface area contributed by atoms with Crippen molar-refractivity contribution in [2.45, 2.75) is 25.8 Å². The van der Waals surface area contributed by atoms with Gasteiger partial charge in [-0.25, -0.2) is 4.98 Å². The molecule has 2 N–H and O–H groups in total. The van der Waals surface area contributed by atoms with E-state index in [-0.39, 0.29) is 5.54 Å². The van der Waals surface area contributed by atoms with E-state index in [1.54, 1.807) is 6.33 Å². The normalized spacial score (nSPS) is 23.4. The first-order chi connectivity index (χ1) is 8.20. The highest BCUT2D eigenvalue weighted by atomic mass is 15.1. The maximum atomic E-state index is 4.50. The van der Waals surface area contributed by atoms with Gasteiger partial charge in [0.2, 0.25) is 0 Å². The van der Waals surface area contributed by atoms with Crippen molar-refractivity contribution in [2.24, 2.45) is 0 Å². The van der Waals surface area contributed by atoms with Crippen LogP contribution in [0.3, 0.4) is 0 Å². The van der Waals surface area contributed by atoms with Crippen molar-refractivity contribution in [1.29, 1.82) is 0 Å². The van der Waals surface area contributed by atoms with Gasteiger partial charge in [-0.3, -0.25) is 0 Å². The predicted molar refractivity (Wildman–Crippen MR) is 67.9 cm³/mol. The molecule has 3 heteroatoms. The second kappa shape index (κ2) is 3.70. The van der Waals surface area contributed by atoms with E-state index < -0.39 is 0 Å². The molecule has 0 bridgehead atoms. The molecule has 1 aliphatic rings. The fraction of sp³-hybridized carbons (Fsp3) is 0.357. The molecule has 1 aromatic carbocycles. The van der Waals surface area contributed by atoms with Crippen LogP contribution in [0.15, 0.2) is 30.6 Å². The van der Waals surface area contributed by atoms with Crippen LogP contribution in [0.1, 0.15) is 29.4 Å². The Morgan fingerprint density at radius 2 is 2.24 bits per heavy atom. The molecule has 0 fully saturated rings. The predicted octanol–water partition coefficient (Wildman–Crippen LogP) is 2.13. The number of aromatic nitrogens is 2. The van der Waals surface area contributed by atoms with Crippen molar-refractivity contribution in [3.05, 3.63) is 53.1 Å². The summed E-state index contributed by atoms with van der Waals surface area (Å²) in [4.78, 5) is 7.74. The fourth-order valence-corrected chi connectivity index (χ4v) is 2.66. The third-order valence-corrected chi connectivity index (χ3v) is 3.64. The van der Waals surface area contributed by atoms with E-state index in [0.29, 0.717) is 0 Å². The molecule has 2 aromatic rings. The Hall–Kier alpha value is -1.61. The molecule has 0 spiro atoms. The standard InChI is InChI=1S/C14H17N3/c1-10-4-3-5-11(8-10)14(2)13-12(6-7-17-14)15-9-16-13/h3-5,8-9,17H,6-7H2,1-2H3,(H,15,16). The first kappa shape index (κ1) is 10.5. The van der Waals surface area contributed by atoms with Gasteiger partial charge in [0, 0.05) is 18.7 Å². The van der Waals surface area contributed by atoms with Gasteiger partial charge in [0.1, 0.15) is 0 Å². The zero-order valence-electron chi connectivity index (χ0n) is 10.2. The van der Waals surface area contributed by atoms with Crippen LogP contribution in [-0.4, -0.2) is 16.5 Å². The Morgan fingerprint density at radius 3 is 3.06 bits per heavy atom. The van der Waals surface area contributed by atoms with E-state index in [1.807, 2.05) is 0 Å². The lowest BCUT2D eigenvalue weighted by Gasteiger charge is -2.34. The van der Waals surface area contributed by atoms with E-state index in [9.17, 15) is 0 Å². The molecule has 2 heterocycles. The lowest BCUT2D eigenvalue weighted by molar-refractivity contribution is 0.403. The lowest BCUT2D eigenvalue weighted by Crippen LogP contribution is -2.46. The van der Waals surface area contributed by atoms with Gasteiger partial charge in [-0.2, -0.15) is 0 Å². The molecular weight excluding hydrogens is 210 g/mol. The van der Waals surface area contributed by atoms with Gasteiger partial charge >= 0.3 is 0 Å². The summed E-state index contributed by atoms with van der Waals surface area (Å²) < 4.78 is 0. The molecule has 3 nitrogen and oxygen atoms in total. The molecule has 0 amide bonds. The summed E-state index contributed by atoms with van der Waals surface area (Å²) in [7, 11) is 0. The minimum absolute atomic E-state index is 0.167. The fourth-order valence-electron chi connectivity index (χ4n) is 2.66. The topological polar surface area (TPSA) is 40.7 Å². The van der Waals surface area contributed by atoms with Crippen LogP contribution < -0.4 is 5.32 Å². The van der Waals surface area contributed by atoms with Crippen LogP contribution in [0, 0.1) is 6.92 Å². The van der Waals surface area contributed by atoms with Crippen molar-refractivity contribution >= 4 is 0 Å². The van der Waals surface area contributed by atoms with Gasteiger partial charge in [-0.15, -0.1) is 0 Å². The van der Waals surface area contributed by atoms with Gasteiger partial charge in [-0.05, 0) is 19.4 Å². The highest BCUT2D eigenvalue weighted by Gasteiger charge is 2.35. The minimum atomic E-state index is -0.167. The summed E-state index contributed by atoms with van der Waals surface area (Å²) in [5, 5.41) is 3.60. The maximum absolute atomic E-state index is 4.50. The molecule has 88 valence electrons. The number of hydrogen-bond acceptors (Lipinski definition) is 2. The number of aromatic amines is 1. The molecule has 0 saturated heterocycles. The van der Waals surface area contributed by atoms with Crippen molar-refractivity contribution in [3.63, 3.8) is 0 Å². The summed E-state index contributed by atoms with van der Waals surface area (Å²) in [5.41, 5.74) is 4.79. The first-order valence-electron chi connectivity index (χ1n) is 6.05. The van der Waals surface area contributed by atoms with Crippen LogP contribution in [0.5, 0.6) is 0 Å². The summed E-state index contributed by atoms with van der Waals surface area (Å²) in [6, 6.07) is 8.64. The van der Waals surface area contributed by atoms with Crippen molar-refractivity contribution < 1.29 is 0 Å². The van der Waals surface area contributed by atoms with Crippen LogP contribution in [0.4, 0.5) is 0 Å². The average molecular weight is 227 g/mol. The molecular formula is C14H17N3. The lowest BCUT2D eigenvalue weighted by atomic mass is 9.84. The zero-order chi connectivity index (χ0) is 11.9. The summed E-state index contributed by atoms with van der Waals surface area (Å²) in [5.74, 6) is 0.